The number of carbonyl (C=O) groups excluding carboxylic acids is 2. The number of unbranched alkanes of at least 4 members (excludes halogenated alkanes) is 20. The average Bonchev–Trinajstić information content (AvgIpc) is 3.26. The van der Waals surface area contributed by atoms with Gasteiger partial charge in [-0.15, -0.1) is 0 Å². The molecule has 62 heavy (non-hydrogen) atoms. The van der Waals surface area contributed by atoms with Crippen LogP contribution >= 0.6 is 0 Å². The van der Waals surface area contributed by atoms with Crippen molar-refractivity contribution < 1.29 is 24.5 Å². The second-order valence-electron chi connectivity index (χ2n) is 16.7. The van der Waals surface area contributed by atoms with Crippen LogP contribution in [0.3, 0.4) is 0 Å². The van der Waals surface area contributed by atoms with Crippen molar-refractivity contribution in [3.8, 4) is 0 Å². The van der Waals surface area contributed by atoms with Crippen molar-refractivity contribution in [2.75, 3.05) is 6.61 Å². The summed E-state index contributed by atoms with van der Waals surface area (Å²) < 4.78 is 5.88. The first-order chi connectivity index (χ1) is 30.5. The van der Waals surface area contributed by atoms with Crippen molar-refractivity contribution in [2.45, 2.75) is 225 Å². The fourth-order valence-corrected chi connectivity index (χ4v) is 7.05. The Morgan fingerprint density at radius 3 is 1.32 bits per heavy atom. The highest BCUT2D eigenvalue weighted by Gasteiger charge is 2.24. The molecule has 0 heterocycles. The predicted molar refractivity (Wildman–Crippen MR) is 268 cm³/mol. The highest BCUT2D eigenvalue weighted by atomic mass is 16.5. The van der Waals surface area contributed by atoms with Crippen LogP contribution in [-0.2, 0) is 14.3 Å². The van der Waals surface area contributed by atoms with Crippen molar-refractivity contribution in [3.63, 3.8) is 0 Å². The van der Waals surface area contributed by atoms with Crippen LogP contribution in [0.15, 0.2) is 109 Å². The van der Waals surface area contributed by atoms with Gasteiger partial charge in [0, 0.05) is 6.42 Å². The largest absolute Gasteiger partial charge is 0.462 e. The second-order valence-corrected chi connectivity index (χ2v) is 16.7. The molecule has 0 aromatic heterocycles. The molecule has 0 aliphatic heterocycles. The van der Waals surface area contributed by atoms with E-state index in [1.54, 1.807) is 0 Å². The van der Waals surface area contributed by atoms with Gasteiger partial charge in [-0.25, -0.2) is 0 Å². The monoisotopic (exact) mass is 860 g/mol. The maximum atomic E-state index is 13.2. The van der Waals surface area contributed by atoms with E-state index in [9.17, 15) is 19.8 Å². The smallest absolute Gasteiger partial charge is 0.306 e. The molecule has 6 nitrogen and oxygen atoms in total. The van der Waals surface area contributed by atoms with Gasteiger partial charge in [0.25, 0.3) is 0 Å². The number of carbonyl (C=O) groups is 2. The Morgan fingerprint density at radius 1 is 0.484 bits per heavy atom. The van der Waals surface area contributed by atoms with E-state index in [0.717, 1.165) is 83.5 Å². The van der Waals surface area contributed by atoms with E-state index in [2.05, 4.69) is 62.5 Å². The van der Waals surface area contributed by atoms with Crippen molar-refractivity contribution in [1.82, 2.24) is 5.32 Å². The third-order valence-corrected chi connectivity index (χ3v) is 10.8. The van der Waals surface area contributed by atoms with E-state index in [4.69, 9.17) is 4.74 Å². The Balaban J connectivity index is 4.67. The van der Waals surface area contributed by atoms with Gasteiger partial charge in [-0.05, 0) is 64.2 Å². The standard InChI is InChI=1S/C56H93NO5/c1-4-7-10-13-16-19-22-24-26-27-29-31-34-37-40-43-46-49-56(61)62-52(47-44-41-38-35-32-21-18-15-12-9-6-3)50-55(60)57-53(51-58)54(59)48-45-42-39-36-33-30-28-25-23-20-17-14-11-8-5-2/h7,9-10,12-13,15-16,18-19,21-22,24,26-27,29,31-32,34,52-54,58-59H,4-6,8,11,14,17,20,23,25,28,30,33,35-51H2,1-3H3,(H,57,60)/b10-7-,12-9+,16-13+,18-15+,22-19+,26-24-,29-27+,32-21-,34-31+. The molecule has 1 amide bonds. The maximum Gasteiger partial charge on any atom is 0.306 e. The lowest BCUT2D eigenvalue weighted by atomic mass is 10.0. The molecule has 352 valence electrons. The zero-order valence-electron chi connectivity index (χ0n) is 40.0. The van der Waals surface area contributed by atoms with E-state index >= 15 is 0 Å². The summed E-state index contributed by atoms with van der Waals surface area (Å²) in [5, 5.41) is 23.7. The fraction of sp³-hybridized carbons (Fsp3) is 0.643. The van der Waals surface area contributed by atoms with Crippen molar-refractivity contribution in [2.24, 2.45) is 0 Å². The zero-order chi connectivity index (χ0) is 45.2. The normalized spacial score (nSPS) is 14.2. The van der Waals surface area contributed by atoms with E-state index in [-0.39, 0.29) is 24.9 Å². The molecule has 3 N–H and O–H groups in total. The Morgan fingerprint density at radius 2 is 0.871 bits per heavy atom. The molecule has 0 aromatic rings. The average molecular weight is 860 g/mol. The van der Waals surface area contributed by atoms with Gasteiger partial charge in [0.15, 0.2) is 0 Å². The molecule has 0 radical (unpaired) electrons. The molecule has 0 saturated heterocycles. The Bertz CT molecular complexity index is 1280. The van der Waals surface area contributed by atoms with Gasteiger partial charge < -0.3 is 20.3 Å². The van der Waals surface area contributed by atoms with Crippen LogP contribution in [0.4, 0.5) is 0 Å². The number of hydrogen-bond donors (Lipinski definition) is 3. The number of esters is 1. The molecule has 0 aliphatic carbocycles. The summed E-state index contributed by atoms with van der Waals surface area (Å²) in [4.78, 5) is 26.1. The molecule has 3 atom stereocenters. The third-order valence-electron chi connectivity index (χ3n) is 10.8. The second kappa shape index (κ2) is 48.6. The van der Waals surface area contributed by atoms with Crippen LogP contribution in [0.2, 0.25) is 0 Å². The molecule has 3 unspecified atom stereocenters. The lowest BCUT2D eigenvalue weighted by Crippen LogP contribution is -2.46. The van der Waals surface area contributed by atoms with Crippen LogP contribution in [0.5, 0.6) is 0 Å². The summed E-state index contributed by atoms with van der Waals surface area (Å²) in [6.45, 7) is 6.17. The molecular formula is C56H93NO5. The molecule has 0 fully saturated rings. The van der Waals surface area contributed by atoms with Gasteiger partial charge in [-0.1, -0.05) is 239 Å². The number of nitrogens with one attached hydrogen (secondary N) is 1. The Hall–Kier alpha value is -3.48. The number of rotatable bonds is 43. The van der Waals surface area contributed by atoms with Crippen LogP contribution in [0.25, 0.3) is 0 Å². The summed E-state index contributed by atoms with van der Waals surface area (Å²) in [6, 6.07) is -0.729. The van der Waals surface area contributed by atoms with Gasteiger partial charge in [-0.3, -0.25) is 9.59 Å². The van der Waals surface area contributed by atoms with Gasteiger partial charge in [0.2, 0.25) is 5.91 Å². The Labute approximate surface area is 381 Å². The predicted octanol–water partition coefficient (Wildman–Crippen LogP) is 15.1. The van der Waals surface area contributed by atoms with Crippen molar-refractivity contribution in [3.05, 3.63) is 109 Å². The lowest BCUT2D eigenvalue weighted by Gasteiger charge is -2.24. The summed E-state index contributed by atoms with van der Waals surface area (Å²) in [7, 11) is 0. The third kappa shape index (κ3) is 43.2. The minimum Gasteiger partial charge on any atom is -0.462 e. The zero-order valence-corrected chi connectivity index (χ0v) is 40.0. The summed E-state index contributed by atoms with van der Waals surface area (Å²) in [5.41, 5.74) is 0. The number of ether oxygens (including phenoxy) is 1. The van der Waals surface area contributed by atoms with E-state index in [1.807, 2.05) is 72.9 Å². The first-order valence-electron chi connectivity index (χ1n) is 25.2. The topological polar surface area (TPSA) is 95.9 Å². The molecule has 0 bridgehead atoms. The molecule has 0 saturated carbocycles. The SMILES string of the molecule is CC\C=C/C=C/C=C/C=C\C=C\C=C\CCCCCC(=O)OC(CCCCC\C=C/C=C/C=C/CC)CC(=O)NC(CO)C(O)CCCCCCCCCCCCCCCCC. The van der Waals surface area contributed by atoms with Gasteiger partial charge in [0.1, 0.15) is 6.10 Å². The summed E-state index contributed by atoms with van der Waals surface area (Å²) in [6.07, 6.45) is 65.7. The molecule has 0 rings (SSSR count). The van der Waals surface area contributed by atoms with Crippen LogP contribution in [-0.4, -0.2) is 46.9 Å². The highest BCUT2D eigenvalue weighted by molar-refractivity contribution is 5.77. The van der Waals surface area contributed by atoms with Crippen LogP contribution in [0, 0.1) is 0 Å². The van der Waals surface area contributed by atoms with Crippen molar-refractivity contribution >= 4 is 11.9 Å². The Kier molecular flexibility index (Phi) is 45.8. The van der Waals surface area contributed by atoms with Crippen molar-refractivity contribution in [1.29, 1.82) is 0 Å². The number of aliphatic hydroxyl groups excluding tert-OH is 2. The molecular weight excluding hydrogens is 767 g/mol. The van der Waals surface area contributed by atoms with Gasteiger partial charge in [-0.2, -0.15) is 0 Å². The first-order valence-corrected chi connectivity index (χ1v) is 25.2. The van der Waals surface area contributed by atoms with E-state index in [1.165, 1.54) is 77.0 Å². The minimum atomic E-state index is -0.812. The van der Waals surface area contributed by atoms with Gasteiger partial charge in [0.05, 0.1) is 25.2 Å². The van der Waals surface area contributed by atoms with E-state index in [0.29, 0.717) is 19.3 Å². The highest BCUT2D eigenvalue weighted by Crippen LogP contribution is 2.17. The number of aliphatic hydroxyl groups is 2. The summed E-state index contributed by atoms with van der Waals surface area (Å²) >= 11 is 0. The van der Waals surface area contributed by atoms with Gasteiger partial charge >= 0.3 is 5.97 Å². The lowest BCUT2D eigenvalue weighted by molar-refractivity contribution is -0.151. The fourth-order valence-electron chi connectivity index (χ4n) is 7.05. The first kappa shape index (κ1) is 58.5. The number of amides is 1. The molecule has 0 aromatic carbocycles. The van der Waals surface area contributed by atoms with Crippen LogP contribution in [0.1, 0.15) is 207 Å². The number of allylic oxidation sites excluding steroid dienone is 18. The maximum absolute atomic E-state index is 13.2. The minimum absolute atomic E-state index is 0.0291. The molecule has 0 spiro atoms. The quantitative estimate of drug-likeness (QED) is 0.0322. The van der Waals surface area contributed by atoms with Crippen LogP contribution < -0.4 is 5.32 Å². The number of hydrogen-bond acceptors (Lipinski definition) is 5. The summed E-state index contributed by atoms with van der Waals surface area (Å²) in [5.74, 6) is -0.571. The van der Waals surface area contributed by atoms with E-state index < -0.39 is 18.2 Å². The molecule has 6 heteroatoms. The molecule has 0 aliphatic rings.